The molecular weight excluding hydrogens is 743 g/mol. The van der Waals surface area contributed by atoms with Crippen molar-refractivity contribution in [3.63, 3.8) is 0 Å². The number of fused-ring (bicyclic) bond motifs is 10. The quantitative estimate of drug-likeness (QED) is 0.148. The fraction of sp³-hybridized carbons (Fsp3) is 0. The Balaban J connectivity index is 1.03. The molecule has 2 aromatic heterocycles. The summed E-state index contributed by atoms with van der Waals surface area (Å²) >= 11 is 1.87. The SMILES string of the molecule is C(=C(c1ccc(-c2ccccc2)cc1)c1ccc(-c2cc3c4ccc5ccccc5c4n(-c4ccccc4)c3c3ccccc23)cc1)c1ccc2c(c1)sc1ccccc12. The summed E-state index contributed by atoms with van der Waals surface area (Å²) in [5.74, 6) is 0. The van der Waals surface area contributed by atoms with E-state index in [-0.39, 0.29) is 0 Å². The van der Waals surface area contributed by atoms with Gasteiger partial charge in [-0.2, -0.15) is 0 Å². The molecule has 0 aliphatic heterocycles. The van der Waals surface area contributed by atoms with E-state index in [1.165, 1.54) is 114 Å². The lowest BCUT2D eigenvalue weighted by atomic mass is 9.91. The summed E-state index contributed by atoms with van der Waals surface area (Å²) in [5.41, 5.74) is 13.3. The lowest BCUT2D eigenvalue weighted by molar-refractivity contribution is 1.19. The first-order valence-corrected chi connectivity index (χ1v) is 21.4. The molecule has 0 amide bonds. The van der Waals surface area contributed by atoms with Crippen molar-refractivity contribution in [3.8, 4) is 27.9 Å². The summed E-state index contributed by atoms with van der Waals surface area (Å²) in [4.78, 5) is 0. The van der Waals surface area contributed by atoms with Crippen molar-refractivity contribution in [1.29, 1.82) is 0 Å². The summed E-state index contributed by atoms with van der Waals surface area (Å²) in [6.07, 6.45) is 2.36. The van der Waals surface area contributed by atoms with Crippen LogP contribution in [0.3, 0.4) is 0 Å². The zero-order valence-corrected chi connectivity index (χ0v) is 33.5. The Hall–Kier alpha value is -7.52. The van der Waals surface area contributed by atoms with E-state index in [9.17, 15) is 0 Å². The van der Waals surface area contributed by atoms with Crippen molar-refractivity contribution in [2.75, 3.05) is 0 Å². The smallest absolute Gasteiger partial charge is 0.0620 e. The van der Waals surface area contributed by atoms with Crippen LogP contribution in [0.15, 0.2) is 218 Å². The first-order valence-electron chi connectivity index (χ1n) is 20.6. The molecule has 1 nitrogen and oxygen atoms in total. The zero-order valence-electron chi connectivity index (χ0n) is 32.7. The molecule has 0 spiro atoms. The van der Waals surface area contributed by atoms with E-state index in [1.54, 1.807) is 0 Å². The van der Waals surface area contributed by atoms with E-state index in [0.29, 0.717) is 0 Å². The van der Waals surface area contributed by atoms with Crippen LogP contribution in [-0.4, -0.2) is 4.57 Å². The van der Waals surface area contributed by atoms with Crippen LogP contribution in [0.4, 0.5) is 0 Å². The maximum absolute atomic E-state index is 2.48. The molecule has 12 rings (SSSR count). The number of hydrogen-bond donors (Lipinski definition) is 0. The molecule has 2 heteroatoms. The molecule has 0 radical (unpaired) electrons. The number of hydrogen-bond acceptors (Lipinski definition) is 1. The number of nitrogens with zero attached hydrogens (tertiary/aromatic N) is 1. The highest BCUT2D eigenvalue weighted by Crippen LogP contribution is 2.44. The van der Waals surface area contributed by atoms with E-state index in [2.05, 4.69) is 229 Å². The molecule has 60 heavy (non-hydrogen) atoms. The van der Waals surface area contributed by atoms with Gasteiger partial charge in [-0.25, -0.2) is 0 Å². The van der Waals surface area contributed by atoms with Gasteiger partial charge in [-0.1, -0.05) is 188 Å². The Morgan fingerprint density at radius 3 is 1.68 bits per heavy atom. The second kappa shape index (κ2) is 14.1. The maximum Gasteiger partial charge on any atom is 0.0620 e. The van der Waals surface area contributed by atoms with Gasteiger partial charge < -0.3 is 4.57 Å². The monoisotopic (exact) mass is 779 g/mol. The summed E-state index contributed by atoms with van der Waals surface area (Å²) in [6, 6.07) is 80.1. The van der Waals surface area contributed by atoms with E-state index < -0.39 is 0 Å². The van der Waals surface area contributed by atoms with Crippen molar-refractivity contribution in [2.24, 2.45) is 0 Å². The topological polar surface area (TPSA) is 4.93 Å². The van der Waals surface area contributed by atoms with Gasteiger partial charge in [-0.15, -0.1) is 11.3 Å². The molecule has 0 saturated carbocycles. The molecule has 12 aromatic rings. The molecule has 10 aromatic carbocycles. The molecule has 0 bridgehead atoms. The Bertz CT molecular complexity index is 3610. The van der Waals surface area contributed by atoms with E-state index in [1.807, 2.05) is 11.3 Å². The van der Waals surface area contributed by atoms with Gasteiger partial charge in [-0.05, 0) is 91.7 Å². The molecule has 0 fully saturated rings. The highest BCUT2D eigenvalue weighted by Gasteiger charge is 2.20. The molecule has 0 unspecified atom stereocenters. The lowest BCUT2D eigenvalue weighted by Gasteiger charge is -2.14. The summed E-state index contributed by atoms with van der Waals surface area (Å²) in [5, 5.41) is 10.1. The molecule has 2 heterocycles. The molecule has 0 aliphatic rings. The third-order valence-corrected chi connectivity index (χ3v) is 13.3. The minimum absolute atomic E-state index is 1.17. The highest BCUT2D eigenvalue weighted by molar-refractivity contribution is 7.25. The number of thiophene rings is 1. The van der Waals surface area contributed by atoms with Crippen LogP contribution in [0, 0.1) is 0 Å². The first-order chi connectivity index (χ1) is 29.7. The van der Waals surface area contributed by atoms with Crippen molar-refractivity contribution in [3.05, 3.63) is 235 Å². The molecular formula is C58H37NS. The Morgan fingerprint density at radius 1 is 0.367 bits per heavy atom. The lowest BCUT2D eigenvalue weighted by Crippen LogP contribution is -1.95. The number of aromatic nitrogens is 1. The van der Waals surface area contributed by atoms with Gasteiger partial charge in [0, 0.05) is 47.4 Å². The minimum Gasteiger partial charge on any atom is -0.308 e. The third-order valence-electron chi connectivity index (χ3n) is 12.2. The van der Waals surface area contributed by atoms with Gasteiger partial charge in [-0.3, -0.25) is 0 Å². The maximum atomic E-state index is 2.48. The second-order valence-corrected chi connectivity index (χ2v) is 16.7. The summed E-state index contributed by atoms with van der Waals surface area (Å²) in [7, 11) is 0. The summed E-state index contributed by atoms with van der Waals surface area (Å²) < 4.78 is 5.12. The van der Waals surface area contributed by atoms with E-state index in [0.717, 1.165) is 0 Å². The van der Waals surface area contributed by atoms with Crippen LogP contribution < -0.4 is 0 Å². The summed E-state index contributed by atoms with van der Waals surface area (Å²) in [6.45, 7) is 0. The van der Waals surface area contributed by atoms with Crippen LogP contribution in [0.2, 0.25) is 0 Å². The molecule has 280 valence electrons. The zero-order chi connectivity index (χ0) is 39.6. The fourth-order valence-electron chi connectivity index (χ4n) is 9.34. The molecule has 0 saturated heterocycles. The molecule has 0 atom stereocenters. The van der Waals surface area contributed by atoms with Gasteiger partial charge in [0.15, 0.2) is 0 Å². The third kappa shape index (κ3) is 5.68. The van der Waals surface area contributed by atoms with Gasteiger partial charge in [0.05, 0.1) is 11.0 Å². The predicted molar refractivity (Wildman–Crippen MR) is 259 cm³/mol. The van der Waals surface area contributed by atoms with E-state index in [4.69, 9.17) is 0 Å². The van der Waals surface area contributed by atoms with Gasteiger partial charge >= 0.3 is 0 Å². The largest absolute Gasteiger partial charge is 0.308 e. The standard InChI is InChI=1S/C58H37NS/c1-3-13-39(14-4-1)40-24-26-42(27-25-40)52(35-38-23-33-49-48-20-11-12-22-55(48)60-56(49)36-38)43-28-30-44(31-29-43)53-37-54-51-34-32-41-15-7-8-18-46(41)57(51)59(45-16-5-2-6-17-45)58(54)50-21-10-9-19-47(50)53/h1-37H. The van der Waals surface area contributed by atoms with Crippen molar-refractivity contribution < 1.29 is 0 Å². The van der Waals surface area contributed by atoms with Crippen LogP contribution in [-0.2, 0) is 0 Å². The van der Waals surface area contributed by atoms with Crippen LogP contribution in [0.5, 0.6) is 0 Å². The van der Waals surface area contributed by atoms with Crippen LogP contribution >= 0.6 is 11.3 Å². The minimum atomic E-state index is 1.17. The van der Waals surface area contributed by atoms with Crippen LogP contribution in [0.25, 0.3) is 103 Å². The normalized spacial score (nSPS) is 12.1. The highest BCUT2D eigenvalue weighted by atomic mass is 32.1. The average molecular weight is 780 g/mol. The fourth-order valence-corrected chi connectivity index (χ4v) is 10.5. The van der Waals surface area contributed by atoms with Gasteiger partial charge in [0.1, 0.15) is 0 Å². The average Bonchev–Trinajstić information content (AvgIpc) is 3.87. The van der Waals surface area contributed by atoms with E-state index >= 15 is 0 Å². The van der Waals surface area contributed by atoms with Crippen LogP contribution in [0.1, 0.15) is 16.7 Å². The predicted octanol–water partition coefficient (Wildman–Crippen LogP) is 16.4. The van der Waals surface area contributed by atoms with Gasteiger partial charge in [0.25, 0.3) is 0 Å². The molecule has 0 N–H and O–H groups in total. The van der Waals surface area contributed by atoms with Gasteiger partial charge in [0.2, 0.25) is 0 Å². The first kappa shape index (κ1) is 34.5. The Kier molecular flexibility index (Phi) is 8.11. The molecule has 0 aliphatic carbocycles. The van der Waals surface area contributed by atoms with Crippen molar-refractivity contribution in [1.82, 2.24) is 4.57 Å². The second-order valence-electron chi connectivity index (χ2n) is 15.7. The van der Waals surface area contributed by atoms with Crippen molar-refractivity contribution in [2.45, 2.75) is 0 Å². The Labute approximate surface area is 352 Å². The number of benzene rings is 10. The Morgan fingerprint density at radius 2 is 0.917 bits per heavy atom. The number of rotatable bonds is 6. The van der Waals surface area contributed by atoms with Crippen molar-refractivity contribution >= 4 is 86.5 Å². The number of para-hydroxylation sites is 1.